The topological polar surface area (TPSA) is 60.1 Å². The molecule has 4 rings (SSSR count). The maximum absolute atomic E-state index is 12.4. The zero-order valence-electron chi connectivity index (χ0n) is 14.9. The van der Waals surface area contributed by atoms with Gasteiger partial charge in [-0.1, -0.05) is 30.3 Å². The first-order valence-corrected chi connectivity index (χ1v) is 8.74. The molecule has 2 heterocycles. The minimum atomic E-state index is -0.161. The van der Waals surface area contributed by atoms with E-state index in [1.807, 2.05) is 78.5 Å². The predicted molar refractivity (Wildman–Crippen MR) is 104 cm³/mol. The second-order valence-electron chi connectivity index (χ2n) is 6.20. The van der Waals surface area contributed by atoms with Crippen molar-refractivity contribution >= 4 is 5.91 Å². The smallest absolute Gasteiger partial charge is 0.251 e. The van der Waals surface area contributed by atoms with Gasteiger partial charge >= 0.3 is 0 Å². The molecule has 0 atom stereocenters. The zero-order chi connectivity index (χ0) is 18.6. The van der Waals surface area contributed by atoms with Crippen LogP contribution < -0.4 is 5.32 Å². The summed E-state index contributed by atoms with van der Waals surface area (Å²) in [6.45, 7) is 2.12. The SMILES string of the molecule is Cc1oc(CNC(=O)c2ccc(-n3cccc3)cc2)nc1-c1ccccc1. The van der Waals surface area contributed by atoms with E-state index in [9.17, 15) is 4.79 Å². The molecule has 134 valence electrons. The van der Waals surface area contributed by atoms with Crippen molar-refractivity contribution in [3.05, 3.63) is 96.3 Å². The van der Waals surface area contributed by atoms with Crippen molar-refractivity contribution < 1.29 is 9.21 Å². The van der Waals surface area contributed by atoms with Crippen molar-refractivity contribution in [2.45, 2.75) is 13.5 Å². The van der Waals surface area contributed by atoms with Crippen LogP contribution >= 0.6 is 0 Å². The minimum Gasteiger partial charge on any atom is -0.443 e. The van der Waals surface area contributed by atoms with Crippen LogP contribution in [0.25, 0.3) is 16.9 Å². The molecule has 1 amide bonds. The van der Waals surface area contributed by atoms with Gasteiger partial charge in [0, 0.05) is 29.2 Å². The molecule has 0 bridgehead atoms. The summed E-state index contributed by atoms with van der Waals surface area (Å²) in [7, 11) is 0. The van der Waals surface area contributed by atoms with Gasteiger partial charge in [0.25, 0.3) is 5.91 Å². The van der Waals surface area contributed by atoms with Gasteiger partial charge in [0.2, 0.25) is 5.89 Å². The lowest BCUT2D eigenvalue weighted by Gasteiger charge is -2.05. The van der Waals surface area contributed by atoms with Crippen LogP contribution in [0.1, 0.15) is 22.0 Å². The molecule has 0 saturated carbocycles. The number of rotatable bonds is 5. The van der Waals surface area contributed by atoms with Gasteiger partial charge in [0.05, 0.1) is 6.54 Å². The molecule has 0 aliphatic carbocycles. The first kappa shape index (κ1) is 16.8. The summed E-state index contributed by atoms with van der Waals surface area (Å²) in [6.07, 6.45) is 3.93. The fourth-order valence-electron chi connectivity index (χ4n) is 2.94. The Balaban J connectivity index is 1.42. The van der Waals surface area contributed by atoms with Gasteiger partial charge in [-0.2, -0.15) is 0 Å². The number of benzene rings is 2. The van der Waals surface area contributed by atoms with E-state index < -0.39 is 0 Å². The molecule has 2 aromatic heterocycles. The van der Waals surface area contributed by atoms with E-state index in [4.69, 9.17) is 4.42 Å². The van der Waals surface area contributed by atoms with E-state index in [2.05, 4.69) is 10.3 Å². The van der Waals surface area contributed by atoms with Gasteiger partial charge in [-0.05, 0) is 43.3 Å². The average molecular weight is 357 g/mol. The van der Waals surface area contributed by atoms with Crippen molar-refractivity contribution in [1.82, 2.24) is 14.9 Å². The maximum atomic E-state index is 12.4. The number of aromatic nitrogens is 2. The normalized spacial score (nSPS) is 10.7. The van der Waals surface area contributed by atoms with E-state index in [-0.39, 0.29) is 12.5 Å². The third-order valence-corrected chi connectivity index (χ3v) is 4.32. The Labute approximate surface area is 157 Å². The van der Waals surface area contributed by atoms with Crippen LogP contribution in [0.4, 0.5) is 0 Å². The lowest BCUT2D eigenvalue weighted by molar-refractivity contribution is 0.0947. The molecular formula is C22H19N3O2. The Morgan fingerprint density at radius 2 is 1.70 bits per heavy atom. The van der Waals surface area contributed by atoms with E-state index in [0.29, 0.717) is 11.5 Å². The zero-order valence-corrected chi connectivity index (χ0v) is 14.9. The summed E-state index contributed by atoms with van der Waals surface area (Å²) >= 11 is 0. The quantitative estimate of drug-likeness (QED) is 0.577. The average Bonchev–Trinajstić information content (AvgIpc) is 3.37. The number of hydrogen-bond donors (Lipinski definition) is 1. The Hall–Kier alpha value is -3.60. The number of nitrogens with zero attached hydrogens (tertiary/aromatic N) is 2. The molecule has 0 spiro atoms. The summed E-state index contributed by atoms with van der Waals surface area (Å²) in [6, 6.07) is 21.2. The van der Waals surface area contributed by atoms with Gasteiger partial charge in [0.1, 0.15) is 11.5 Å². The molecule has 0 saturated heterocycles. The summed E-state index contributed by atoms with van der Waals surface area (Å²) in [5.74, 6) is 1.07. The second kappa shape index (κ2) is 7.33. The molecule has 4 aromatic rings. The van der Waals surface area contributed by atoms with Crippen molar-refractivity contribution in [1.29, 1.82) is 0 Å². The summed E-state index contributed by atoms with van der Waals surface area (Å²) in [5.41, 5.74) is 3.40. The van der Waals surface area contributed by atoms with Gasteiger partial charge in [-0.15, -0.1) is 0 Å². The molecule has 27 heavy (non-hydrogen) atoms. The van der Waals surface area contributed by atoms with Gasteiger partial charge < -0.3 is 14.3 Å². The molecule has 5 heteroatoms. The summed E-state index contributed by atoms with van der Waals surface area (Å²) in [4.78, 5) is 16.9. The number of aryl methyl sites for hydroxylation is 1. The Morgan fingerprint density at radius 1 is 1.00 bits per heavy atom. The molecule has 2 aromatic carbocycles. The highest BCUT2D eigenvalue weighted by molar-refractivity contribution is 5.94. The van der Waals surface area contributed by atoms with Gasteiger partial charge in [0.15, 0.2) is 0 Å². The molecule has 0 unspecified atom stereocenters. The first-order valence-electron chi connectivity index (χ1n) is 8.74. The monoisotopic (exact) mass is 357 g/mol. The predicted octanol–water partition coefficient (Wildman–Crippen LogP) is 4.37. The van der Waals surface area contributed by atoms with E-state index in [0.717, 1.165) is 22.7 Å². The van der Waals surface area contributed by atoms with Crippen molar-refractivity contribution in [2.75, 3.05) is 0 Å². The number of carbonyl (C=O) groups is 1. The molecule has 0 aliphatic rings. The van der Waals surface area contributed by atoms with E-state index >= 15 is 0 Å². The van der Waals surface area contributed by atoms with Crippen LogP contribution in [0.2, 0.25) is 0 Å². The fourth-order valence-corrected chi connectivity index (χ4v) is 2.94. The standard InChI is InChI=1S/C22H19N3O2/c1-16-21(17-7-3-2-4-8-17)24-20(27-16)15-23-22(26)18-9-11-19(12-10-18)25-13-5-6-14-25/h2-14H,15H2,1H3,(H,23,26). The molecule has 5 nitrogen and oxygen atoms in total. The van der Waals surface area contributed by atoms with Crippen molar-refractivity contribution in [3.8, 4) is 16.9 Å². The van der Waals surface area contributed by atoms with Crippen LogP contribution in [0, 0.1) is 6.92 Å². The Kier molecular flexibility index (Phi) is 4.58. The first-order chi connectivity index (χ1) is 13.2. The number of amides is 1. The molecule has 0 fully saturated rings. The Morgan fingerprint density at radius 3 is 2.41 bits per heavy atom. The number of nitrogens with one attached hydrogen (secondary N) is 1. The molecule has 1 N–H and O–H groups in total. The van der Waals surface area contributed by atoms with Crippen LogP contribution in [-0.4, -0.2) is 15.5 Å². The van der Waals surface area contributed by atoms with E-state index in [1.54, 1.807) is 12.1 Å². The number of hydrogen-bond acceptors (Lipinski definition) is 3. The maximum Gasteiger partial charge on any atom is 0.251 e. The minimum absolute atomic E-state index is 0.161. The highest BCUT2D eigenvalue weighted by Gasteiger charge is 2.13. The van der Waals surface area contributed by atoms with Crippen LogP contribution in [0.15, 0.2) is 83.5 Å². The molecular weight excluding hydrogens is 338 g/mol. The lowest BCUT2D eigenvalue weighted by atomic mass is 10.1. The second-order valence-corrected chi connectivity index (χ2v) is 6.20. The number of oxazole rings is 1. The Bertz CT molecular complexity index is 1030. The highest BCUT2D eigenvalue weighted by atomic mass is 16.4. The summed E-state index contributed by atoms with van der Waals surface area (Å²) < 4.78 is 7.68. The van der Waals surface area contributed by atoms with E-state index in [1.165, 1.54) is 0 Å². The van der Waals surface area contributed by atoms with Gasteiger partial charge in [-0.25, -0.2) is 4.98 Å². The fraction of sp³-hybridized carbons (Fsp3) is 0.0909. The van der Waals surface area contributed by atoms with Gasteiger partial charge in [-0.3, -0.25) is 4.79 Å². The lowest BCUT2D eigenvalue weighted by Crippen LogP contribution is -2.22. The van der Waals surface area contributed by atoms with Crippen LogP contribution in [0.3, 0.4) is 0 Å². The third kappa shape index (κ3) is 3.67. The van der Waals surface area contributed by atoms with Crippen LogP contribution in [0.5, 0.6) is 0 Å². The number of carbonyl (C=O) groups excluding carboxylic acids is 1. The molecule has 0 aliphatic heterocycles. The summed E-state index contributed by atoms with van der Waals surface area (Å²) in [5, 5.41) is 2.86. The largest absolute Gasteiger partial charge is 0.443 e. The van der Waals surface area contributed by atoms with Crippen molar-refractivity contribution in [2.24, 2.45) is 0 Å². The molecule has 0 radical (unpaired) electrons. The van der Waals surface area contributed by atoms with Crippen molar-refractivity contribution in [3.63, 3.8) is 0 Å². The highest BCUT2D eigenvalue weighted by Crippen LogP contribution is 2.23. The third-order valence-electron chi connectivity index (χ3n) is 4.32. The van der Waals surface area contributed by atoms with Crippen LogP contribution in [-0.2, 0) is 6.54 Å².